The van der Waals surface area contributed by atoms with Crippen LogP contribution in [0.5, 0.6) is 0 Å². The van der Waals surface area contributed by atoms with E-state index in [-0.39, 0.29) is 11.5 Å². The number of fused-ring (bicyclic) bond motifs is 2. The third-order valence-corrected chi connectivity index (χ3v) is 5.88. The molecule has 2 saturated carbocycles. The number of nitrogens with one attached hydrogen (secondary N) is 1. The number of aromatic nitrogens is 1. The number of aliphatic hydroxyl groups excluding tert-OH is 1. The molecule has 2 unspecified atom stereocenters. The molecule has 2 aliphatic rings. The monoisotopic (exact) mass is 330 g/mol. The number of hydrogen-bond donors (Lipinski definition) is 2. The first-order valence-corrected chi connectivity index (χ1v) is 8.70. The van der Waals surface area contributed by atoms with Gasteiger partial charge in [0.1, 0.15) is 5.82 Å². The van der Waals surface area contributed by atoms with Crippen LogP contribution in [0.25, 0.3) is 10.9 Å². The van der Waals surface area contributed by atoms with E-state index in [1.54, 1.807) is 18.2 Å². The van der Waals surface area contributed by atoms with Crippen LogP contribution in [-0.2, 0) is 6.54 Å². The molecule has 128 valence electrons. The van der Waals surface area contributed by atoms with Crippen LogP contribution in [0.4, 0.5) is 4.39 Å². The van der Waals surface area contributed by atoms with Crippen molar-refractivity contribution in [2.45, 2.75) is 44.4 Å². The minimum absolute atomic E-state index is 0.119. The highest BCUT2D eigenvalue weighted by Gasteiger charge is 2.42. The minimum atomic E-state index is -0.390. The highest BCUT2D eigenvalue weighted by Crippen LogP contribution is 2.45. The highest BCUT2D eigenvalue weighted by molar-refractivity contribution is 5.78. The highest BCUT2D eigenvalue weighted by atomic mass is 19.1. The van der Waals surface area contributed by atoms with Gasteiger partial charge in [-0.2, -0.15) is 0 Å². The van der Waals surface area contributed by atoms with Crippen LogP contribution in [0.2, 0.25) is 0 Å². The van der Waals surface area contributed by atoms with Gasteiger partial charge in [-0.3, -0.25) is 9.69 Å². The number of hydrogen-bond acceptors (Lipinski definition) is 3. The molecule has 2 aromatic rings. The summed E-state index contributed by atoms with van der Waals surface area (Å²) in [5.41, 5.74) is 0.898. The SMILES string of the molecule is CN(Cc1cc(=O)c2cccc(F)c2[nH]1)C1C[C@H]2CC(O)C[C@H]2C1. The first-order chi connectivity index (χ1) is 11.5. The van der Waals surface area contributed by atoms with Gasteiger partial charge < -0.3 is 10.1 Å². The number of H-pyrrole nitrogens is 1. The number of nitrogens with zero attached hydrogens (tertiary/aromatic N) is 1. The summed E-state index contributed by atoms with van der Waals surface area (Å²) in [6.45, 7) is 0.603. The molecular formula is C19H23FN2O2. The molecule has 4 nitrogen and oxygen atoms in total. The summed E-state index contributed by atoms with van der Waals surface area (Å²) in [5, 5.41) is 10.2. The second kappa shape index (κ2) is 5.97. The van der Waals surface area contributed by atoms with Crippen molar-refractivity contribution < 1.29 is 9.50 Å². The topological polar surface area (TPSA) is 56.3 Å². The van der Waals surface area contributed by atoms with Gasteiger partial charge in [0.05, 0.1) is 11.6 Å². The van der Waals surface area contributed by atoms with Crippen molar-refractivity contribution in [1.29, 1.82) is 0 Å². The summed E-state index contributed by atoms with van der Waals surface area (Å²) >= 11 is 0. The van der Waals surface area contributed by atoms with Crippen LogP contribution in [0.3, 0.4) is 0 Å². The summed E-state index contributed by atoms with van der Waals surface area (Å²) in [7, 11) is 2.06. The molecule has 0 aliphatic heterocycles. The standard InChI is InChI=1S/C19H23FN2O2/c1-22(14-5-11-7-15(23)8-12(11)6-14)10-13-9-18(24)16-3-2-4-17(20)19(16)21-13/h2-4,9,11-12,14-15,23H,5-8,10H2,1H3,(H,21,24)/t11-,12+,14?,15?. The van der Waals surface area contributed by atoms with Gasteiger partial charge in [0, 0.05) is 29.7 Å². The van der Waals surface area contributed by atoms with Crippen LogP contribution in [0.1, 0.15) is 31.4 Å². The molecular weight excluding hydrogens is 307 g/mol. The Hall–Kier alpha value is -1.72. The largest absolute Gasteiger partial charge is 0.393 e. The Morgan fingerprint density at radius 1 is 1.25 bits per heavy atom. The summed E-state index contributed by atoms with van der Waals surface area (Å²) in [4.78, 5) is 17.6. The molecule has 4 rings (SSSR count). The number of rotatable bonds is 3. The number of para-hydroxylation sites is 1. The maximum Gasteiger partial charge on any atom is 0.189 e. The number of aromatic amines is 1. The Morgan fingerprint density at radius 3 is 2.67 bits per heavy atom. The zero-order chi connectivity index (χ0) is 16.8. The van der Waals surface area contributed by atoms with Crippen molar-refractivity contribution in [3.63, 3.8) is 0 Å². The van der Waals surface area contributed by atoms with Crippen molar-refractivity contribution >= 4 is 10.9 Å². The summed E-state index contributed by atoms with van der Waals surface area (Å²) in [6, 6.07) is 6.62. The summed E-state index contributed by atoms with van der Waals surface area (Å²) in [6.07, 6.45) is 3.93. The predicted molar refractivity (Wildman–Crippen MR) is 91.2 cm³/mol. The van der Waals surface area contributed by atoms with Gasteiger partial charge in [-0.15, -0.1) is 0 Å². The zero-order valence-corrected chi connectivity index (χ0v) is 13.8. The molecule has 0 spiro atoms. The number of benzene rings is 1. The third kappa shape index (κ3) is 2.76. The Balaban J connectivity index is 1.52. The van der Waals surface area contributed by atoms with Crippen LogP contribution < -0.4 is 5.43 Å². The summed E-state index contributed by atoms with van der Waals surface area (Å²) < 4.78 is 14.0. The molecule has 1 heterocycles. The molecule has 0 saturated heterocycles. The smallest absolute Gasteiger partial charge is 0.189 e. The fraction of sp³-hybridized carbons (Fsp3) is 0.526. The number of halogens is 1. The molecule has 2 aliphatic carbocycles. The number of aliphatic hydroxyl groups is 1. The Kier molecular flexibility index (Phi) is 3.93. The lowest BCUT2D eigenvalue weighted by Crippen LogP contribution is -2.30. The van der Waals surface area contributed by atoms with E-state index in [0.29, 0.717) is 35.3 Å². The van der Waals surface area contributed by atoms with Crippen LogP contribution in [0, 0.1) is 17.7 Å². The lowest BCUT2D eigenvalue weighted by Gasteiger charge is -2.25. The minimum Gasteiger partial charge on any atom is -0.393 e. The second-order valence-electron chi connectivity index (χ2n) is 7.51. The van der Waals surface area contributed by atoms with Crippen LogP contribution in [-0.4, -0.2) is 34.2 Å². The van der Waals surface area contributed by atoms with Crippen LogP contribution in [0.15, 0.2) is 29.1 Å². The Labute approximate surface area is 140 Å². The third-order valence-electron chi connectivity index (χ3n) is 5.88. The average molecular weight is 330 g/mol. The lowest BCUT2D eigenvalue weighted by atomic mass is 10.0. The quantitative estimate of drug-likeness (QED) is 0.910. The molecule has 1 aromatic carbocycles. The van der Waals surface area contributed by atoms with Crippen molar-refractivity contribution in [2.24, 2.45) is 11.8 Å². The van der Waals surface area contributed by atoms with Gasteiger partial charge in [0.25, 0.3) is 0 Å². The van der Waals surface area contributed by atoms with E-state index in [4.69, 9.17) is 0 Å². The van der Waals surface area contributed by atoms with E-state index < -0.39 is 5.82 Å². The van der Waals surface area contributed by atoms with E-state index in [1.807, 2.05) is 0 Å². The van der Waals surface area contributed by atoms with Gasteiger partial charge in [-0.25, -0.2) is 4.39 Å². The van der Waals surface area contributed by atoms with Crippen molar-refractivity contribution in [2.75, 3.05) is 7.05 Å². The molecule has 2 fully saturated rings. The van der Waals surface area contributed by atoms with Crippen LogP contribution >= 0.6 is 0 Å². The van der Waals surface area contributed by atoms with Crippen molar-refractivity contribution in [1.82, 2.24) is 9.88 Å². The van der Waals surface area contributed by atoms with Crippen molar-refractivity contribution in [3.05, 3.63) is 46.0 Å². The Morgan fingerprint density at radius 2 is 1.96 bits per heavy atom. The zero-order valence-electron chi connectivity index (χ0n) is 13.8. The molecule has 4 atom stereocenters. The van der Waals surface area contributed by atoms with Crippen molar-refractivity contribution in [3.8, 4) is 0 Å². The van der Waals surface area contributed by atoms with E-state index in [0.717, 1.165) is 31.4 Å². The molecule has 0 bridgehead atoms. The first-order valence-electron chi connectivity index (χ1n) is 8.70. The molecule has 24 heavy (non-hydrogen) atoms. The number of pyridine rings is 1. The second-order valence-corrected chi connectivity index (χ2v) is 7.51. The maximum absolute atomic E-state index is 14.0. The fourth-order valence-electron chi connectivity index (χ4n) is 4.68. The molecule has 5 heteroatoms. The molecule has 1 aromatic heterocycles. The summed E-state index contributed by atoms with van der Waals surface area (Å²) in [5.74, 6) is 0.861. The van der Waals surface area contributed by atoms with E-state index >= 15 is 0 Å². The molecule has 0 amide bonds. The van der Waals surface area contributed by atoms with E-state index in [1.165, 1.54) is 6.07 Å². The van der Waals surface area contributed by atoms with Gasteiger partial charge in [-0.1, -0.05) is 6.07 Å². The van der Waals surface area contributed by atoms with Gasteiger partial charge in [0.2, 0.25) is 0 Å². The van der Waals surface area contributed by atoms with E-state index in [9.17, 15) is 14.3 Å². The van der Waals surface area contributed by atoms with Gasteiger partial charge in [-0.05, 0) is 56.7 Å². The van der Waals surface area contributed by atoms with E-state index in [2.05, 4.69) is 16.9 Å². The fourth-order valence-corrected chi connectivity index (χ4v) is 4.68. The normalized spacial score (nSPS) is 29.5. The first kappa shape index (κ1) is 15.8. The predicted octanol–water partition coefficient (Wildman–Crippen LogP) is 2.65. The molecule has 2 N–H and O–H groups in total. The Bertz CT molecular complexity index is 805. The van der Waals surface area contributed by atoms with Gasteiger partial charge >= 0.3 is 0 Å². The lowest BCUT2D eigenvalue weighted by molar-refractivity contribution is 0.158. The molecule has 0 radical (unpaired) electrons. The average Bonchev–Trinajstić information content (AvgIpc) is 3.06. The van der Waals surface area contributed by atoms with Gasteiger partial charge in [0.15, 0.2) is 5.43 Å². The maximum atomic E-state index is 14.0.